The molecule has 0 aliphatic carbocycles. The molecule has 0 aliphatic heterocycles. The summed E-state index contributed by atoms with van der Waals surface area (Å²) in [5.74, 6) is -1.08. The number of carbonyl (C=O) groups excluding carboxylic acids is 1. The summed E-state index contributed by atoms with van der Waals surface area (Å²) in [6.45, 7) is 1.80. The number of halogens is 3. The molecule has 0 saturated heterocycles. The summed E-state index contributed by atoms with van der Waals surface area (Å²) >= 11 is 0. The number of nitrogens with zero attached hydrogens (tertiary/aromatic N) is 3. The maximum atomic E-state index is 13.3. The number of aryl methyl sites for hydroxylation is 1. The lowest BCUT2D eigenvalue weighted by atomic mass is 10.0. The molecule has 3 aromatic heterocycles. The Balaban J connectivity index is 2.06. The first-order chi connectivity index (χ1) is 12.3. The van der Waals surface area contributed by atoms with E-state index in [1.54, 1.807) is 13.0 Å². The minimum atomic E-state index is -4.73. The molecule has 134 valence electrons. The number of anilines is 1. The third-order valence-corrected chi connectivity index (χ3v) is 3.68. The molecule has 0 fully saturated rings. The van der Waals surface area contributed by atoms with Crippen molar-refractivity contribution in [2.24, 2.45) is 0 Å². The lowest BCUT2D eigenvalue weighted by Gasteiger charge is -2.13. The first-order valence-corrected chi connectivity index (χ1v) is 7.59. The van der Waals surface area contributed by atoms with Crippen molar-refractivity contribution >= 4 is 11.6 Å². The number of hydrogen-bond acceptors (Lipinski definition) is 5. The van der Waals surface area contributed by atoms with Crippen LogP contribution in [0.2, 0.25) is 0 Å². The van der Waals surface area contributed by atoms with Crippen LogP contribution < -0.4 is 5.73 Å². The Kier molecular flexibility index (Phi) is 4.45. The van der Waals surface area contributed by atoms with Gasteiger partial charge in [0.15, 0.2) is 0 Å². The number of pyridine rings is 2. The lowest BCUT2D eigenvalue weighted by molar-refractivity contribution is -0.138. The summed E-state index contributed by atoms with van der Waals surface area (Å²) in [6, 6.07) is 6.57. The molecule has 0 atom stereocenters. The SMILES string of the molecule is Cc1cc(Cc2ccc(C(F)(F)F)c(C(=O)c3cccnc3N)n2)n[nH]1. The predicted molar refractivity (Wildman–Crippen MR) is 87.5 cm³/mol. The summed E-state index contributed by atoms with van der Waals surface area (Å²) in [5.41, 5.74) is 5.38. The van der Waals surface area contributed by atoms with E-state index >= 15 is 0 Å². The highest BCUT2D eigenvalue weighted by atomic mass is 19.4. The van der Waals surface area contributed by atoms with Gasteiger partial charge in [0.05, 0.1) is 16.8 Å². The number of aromatic amines is 1. The standard InChI is InChI=1S/C17H14F3N5O/c1-9-7-11(25-24-9)8-10-4-5-13(17(18,19)20)14(23-10)15(26)12-3-2-6-22-16(12)21/h2-7H,8H2,1H3,(H2,21,22)(H,24,25). The van der Waals surface area contributed by atoms with Crippen molar-refractivity contribution in [2.75, 3.05) is 5.73 Å². The minimum absolute atomic E-state index is 0.127. The second-order valence-electron chi connectivity index (χ2n) is 5.68. The number of H-pyrrole nitrogens is 1. The average molecular weight is 361 g/mol. The molecule has 0 aliphatic rings. The zero-order valence-electron chi connectivity index (χ0n) is 13.6. The number of carbonyl (C=O) groups is 1. The topological polar surface area (TPSA) is 97.6 Å². The van der Waals surface area contributed by atoms with Crippen LogP contribution in [-0.4, -0.2) is 25.9 Å². The third-order valence-electron chi connectivity index (χ3n) is 3.68. The number of nitrogens with one attached hydrogen (secondary N) is 1. The highest BCUT2D eigenvalue weighted by molar-refractivity contribution is 6.11. The third kappa shape index (κ3) is 3.56. The van der Waals surface area contributed by atoms with E-state index in [4.69, 9.17) is 5.73 Å². The van der Waals surface area contributed by atoms with E-state index in [0.29, 0.717) is 5.69 Å². The Morgan fingerprint density at radius 1 is 1.23 bits per heavy atom. The van der Waals surface area contributed by atoms with Gasteiger partial charge in [0.2, 0.25) is 5.78 Å². The predicted octanol–water partition coefficient (Wildman–Crippen LogP) is 2.93. The largest absolute Gasteiger partial charge is 0.418 e. The minimum Gasteiger partial charge on any atom is -0.383 e. The Labute approximate surface area is 146 Å². The Morgan fingerprint density at radius 2 is 2.00 bits per heavy atom. The van der Waals surface area contributed by atoms with Gasteiger partial charge in [0.1, 0.15) is 11.5 Å². The number of nitrogen functional groups attached to an aromatic ring is 1. The molecule has 3 aromatic rings. The molecule has 0 unspecified atom stereocenters. The van der Waals surface area contributed by atoms with Gasteiger partial charge in [-0.25, -0.2) is 9.97 Å². The van der Waals surface area contributed by atoms with Crippen LogP contribution in [0.15, 0.2) is 36.5 Å². The van der Waals surface area contributed by atoms with E-state index in [-0.39, 0.29) is 23.5 Å². The van der Waals surface area contributed by atoms with Gasteiger partial charge in [-0.3, -0.25) is 9.89 Å². The molecule has 0 spiro atoms. The first-order valence-electron chi connectivity index (χ1n) is 7.59. The van der Waals surface area contributed by atoms with Crippen LogP contribution in [-0.2, 0) is 12.6 Å². The number of hydrogen-bond donors (Lipinski definition) is 2. The molecule has 6 nitrogen and oxygen atoms in total. The molecular weight excluding hydrogens is 347 g/mol. The van der Waals surface area contributed by atoms with E-state index < -0.39 is 23.2 Å². The van der Waals surface area contributed by atoms with Crippen molar-refractivity contribution in [1.29, 1.82) is 0 Å². The summed E-state index contributed by atoms with van der Waals surface area (Å²) in [5, 5.41) is 6.77. The first kappa shape index (κ1) is 17.6. The fourth-order valence-corrected chi connectivity index (χ4v) is 2.49. The summed E-state index contributed by atoms with van der Waals surface area (Å²) < 4.78 is 40.0. The van der Waals surface area contributed by atoms with Crippen molar-refractivity contribution in [1.82, 2.24) is 20.2 Å². The fraction of sp³-hybridized carbons (Fsp3) is 0.176. The van der Waals surface area contributed by atoms with Gasteiger partial charge in [-0.15, -0.1) is 0 Å². The van der Waals surface area contributed by atoms with Gasteiger partial charge in [-0.1, -0.05) is 0 Å². The van der Waals surface area contributed by atoms with Crippen molar-refractivity contribution in [3.8, 4) is 0 Å². The van der Waals surface area contributed by atoms with Crippen molar-refractivity contribution in [2.45, 2.75) is 19.5 Å². The van der Waals surface area contributed by atoms with E-state index in [1.165, 1.54) is 24.4 Å². The number of ketones is 1. The Hall–Kier alpha value is -3.23. The van der Waals surface area contributed by atoms with Gasteiger partial charge in [-0.2, -0.15) is 18.3 Å². The van der Waals surface area contributed by atoms with Crippen LogP contribution in [0.4, 0.5) is 19.0 Å². The molecule has 3 heterocycles. The van der Waals surface area contributed by atoms with Crippen LogP contribution >= 0.6 is 0 Å². The van der Waals surface area contributed by atoms with Crippen molar-refractivity contribution < 1.29 is 18.0 Å². The van der Waals surface area contributed by atoms with E-state index in [9.17, 15) is 18.0 Å². The highest BCUT2D eigenvalue weighted by Crippen LogP contribution is 2.33. The molecule has 0 saturated carbocycles. The molecule has 3 N–H and O–H groups in total. The van der Waals surface area contributed by atoms with Crippen molar-refractivity contribution in [3.63, 3.8) is 0 Å². The number of aromatic nitrogens is 4. The quantitative estimate of drug-likeness (QED) is 0.697. The fourth-order valence-electron chi connectivity index (χ4n) is 2.49. The van der Waals surface area contributed by atoms with Gasteiger partial charge in [-0.05, 0) is 37.3 Å². The van der Waals surface area contributed by atoms with Gasteiger partial charge in [0, 0.05) is 24.0 Å². The van der Waals surface area contributed by atoms with Crippen LogP contribution in [0.3, 0.4) is 0 Å². The van der Waals surface area contributed by atoms with Gasteiger partial charge >= 0.3 is 6.18 Å². The average Bonchev–Trinajstić information content (AvgIpc) is 2.98. The van der Waals surface area contributed by atoms with Crippen LogP contribution in [0.25, 0.3) is 0 Å². The molecule has 0 aromatic carbocycles. The second kappa shape index (κ2) is 6.58. The maximum Gasteiger partial charge on any atom is 0.418 e. The van der Waals surface area contributed by atoms with Crippen LogP contribution in [0, 0.1) is 6.92 Å². The molecule has 0 amide bonds. The Bertz CT molecular complexity index is 965. The lowest BCUT2D eigenvalue weighted by Crippen LogP contribution is -2.18. The molecule has 9 heteroatoms. The molecule has 0 radical (unpaired) electrons. The summed E-state index contributed by atoms with van der Waals surface area (Å²) in [6.07, 6.45) is -3.19. The Morgan fingerprint density at radius 3 is 2.62 bits per heavy atom. The smallest absolute Gasteiger partial charge is 0.383 e. The van der Waals surface area contributed by atoms with Crippen molar-refractivity contribution in [3.05, 3.63) is 70.4 Å². The second-order valence-corrected chi connectivity index (χ2v) is 5.68. The summed E-state index contributed by atoms with van der Waals surface area (Å²) in [4.78, 5) is 20.3. The van der Waals surface area contributed by atoms with Crippen LogP contribution in [0.5, 0.6) is 0 Å². The molecular formula is C17H14F3N5O. The van der Waals surface area contributed by atoms with Gasteiger partial charge < -0.3 is 5.73 Å². The monoisotopic (exact) mass is 361 g/mol. The van der Waals surface area contributed by atoms with E-state index in [1.807, 2.05) is 0 Å². The zero-order valence-corrected chi connectivity index (χ0v) is 13.6. The maximum absolute atomic E-state index is 13.3. The zero-order chi connectivity index (χ0) is 18.9. The molecule has 26 heavy (non-hydrogen) atoms. The number of rotatable bonds is 4. The normalized spacial score (nSPS) is 11.5. The van der Waals surface area contributed by atoms with Crippen LogP contribution in [0.1, 0.15) is 38.7 Å². The van der Waals surface area contributed by atoms with E-state index in [2.05, 4.69) is 20.2 Å². The number of nitrogens with two attached hydrogens (primary N) is 1. The molecule has 3 rings (SSSR count). The summed E-state index contributed by atoms with van der Waals surface area (Å²) in [7, 11) is 0. The molecule has 0 bridgehead atoms. The van der Waals surface area contributed by atoms with E-state index in [0.717, 1.165) is 11.8 Å². The van der Waals surface area contributed by atoms with Gasteiger partial charge in [0.25, 0.3) is 0 Å². The highest BCUT2D eigenvalue weighted by Gasteiger charge is 2.37. The number of alkyl halides is 3.